The third-order valence-electron chi connectivity index (χ3n) is 4.80. The molecule has 1 unspecified atom stereocenters. The average molecular weight is 564 g/mol. The number of hydrogen-bond donors (Lipinski definition) is 3. The number of nitro groups is 1. The van der Waals surface area contributed by atoms with E-state index in [0.29, 0.717) is 29.1 Å². The van der Waals surface area contributed by atoms with E-state index in [9.17, 15) is 32.1 Å². The fraction of sp³-hybridized carbons (Fsp3) is 0.217. The number of nitrogens with zero attached hydrogens (tertiary/aromatic N) is 3. The fourth-order valence-electron chi connectivity index (χ4n) is 3.13. The lowest BCUT2D eigenvalue weighted by Crippen LogP contribution is -2.29. The van der Waals surface area contributed by atoms with Gasteiger partial charge in [-0.3, -0.25) is 10.1 Å². The maximum Gasteiger partial charge on any atom is 0.294 e. The zero-order valence-electron chi connectivity index (χ0n) is 20.5. The number of hydrogen-bond acceptors (Lipinski definition) is 11. The molecule has 3 rings (SSSR count). The monoisotopic (exact) mass is 563 g/mol. The number of nitrogens with one attached hydrogen (secondary N) is 2. The van der Waals surface area contributed by atoms with Gasteiger partial charge in [0.15, 0.2) is 0 Å². The van der Waals surface area contributed by atoms with E-state index < -0.39 is 41.7 Å². The molecule has 0 fully saturated rings. The van der Waals surface area contributed by atoms with E-state index in [0.717, 1.165) is 17.7 Å². The van der Waals surface area contributed by atoms with Crippen LogP contribution in [0.2, 0.25) is 0 Å². The van der Waals surface area contributed by atoms with Gasteiger partial charge in [-0.15, -0.1) is 4.13 Å². The third kappa shape index (κ3) is 8.04. The second kappa shape index (κ2) is 11.6. The highest BCUT2D eigenvalue weighted by Gasteiger charge is 2.24. The molecule has 0 aliphatic carbocycles. The predicted molar refractivity (Wildman–Crippen MR) is 141 cm³/mol. The summed E-state index contributed by atoms with van der Waals surface area (Å²) in [7, 11) is -8.63. The standard InChI is InChI=1S/C23H25N5O8S2/c1-15-12-19(8-11-23(15)36-14-16(2)29)26-25-18-6-4-17(5-7-18)24-21-10-9-20(13-22(21)28(30)31)38(34,35)27-37(3,32)33/h4-13,16,24,27,29H,14H2,1-3H3. The molecule has 202 valence electrons. The summed E-state index contributed by atoms with van der Waals surface area (Å²) in [5.41, 5.74) is 1.80. The molecule has 0 aliphatic heterocycles. The number of aliphatic hydroxyl groups is 1. The molecule has 3 aromatic rings. The summed E-state index contributed by atoms with van der Waals surface area (Å²) < 4.78 is 54.0. The number of rotatable bonds is 11. The van der Waals surface area contributed by atoms with Gasteiger partial charge in [0.25, 0.3) is 15.7 Å². The third-order valence-corrected chi connectivity index (χ3v) is 7.77. The van der Waals surface area contributed by atoms with Crippen molar-refractivity contribution in [2.24, 2.45) is 10.2 Å². The first kappa shape index (κ1) is 28.6. The number of anilines is 2. The zero-order chi connectivity index (χ0) is 28.1. The van der Waals surface area contributed by atoms with Crippen LogP contribution in [0.4, 0.5) is 28.4 Å². The molecule has 0 aromatic heterocycles. The summed E-state index contributed by atoms with van der Waals surface area (Å²) in [6, 6.07) is 14.7. The Morgan fingerprint density at radius 3 is 2.21 bits per heavy atom. The van der Waals surface area contributed by atoms with E-state index in [2.05, 4.69) is 15.5 Å². The highest BCUT2D eigenvalue weighted by Crippen LogP contribution is 2.31. The van der Waals surface area contributed by atoms with Crippen molar-refractivity contribution in [1.82, 2.24) is 4.13 Å². The van der Waals surface area contributed by atoms with Gasteiger partial charge in [-0.2, -0.15) is 10.2 Å². The molecule has 0 aliphatic rings. The molecule has 3 N–H and O–H groups in total. The lowest BCUT2D eigenvalue weighted by Gasteiger charge is -2.10. The quantitative estimate of drug-likeness (QED) is 0.175. The zero-order valence-corrected chi connectivity index (χ0v) is 22.2. The number of sulfonamides is 2. The molecule has 15 heteroatoms. The van der Waals surface area contributed by atoms with Crippen LogP contribution in [0, 0.1) is 17.0 Å². The minimum absolute atomic E-state index is 0.00365. The Bertz CT molecular complexity index is 1570. The number of azo groups is 1. The van der Waals surface area contributed by atoms with Crippen LogP contribution in [0.3, 0.4) is 0 Å². The van der Waals surface area contributed by atoms with Crippen molar-refractivity contribution < 1.29 is 31.6 Å². The van der Waals surface area contributed by atoms with Crippen molar-refractivity contribution in [2.75, 3.05) is 18.2 Å². The lowest BCUT2D eigenvalue weighted by molar-refractivity contribution is -0.384. The molecule has 0 amide bonds. The Labute approximate surface area is 219 Å². The van der Waals surface area contributed by atoms with Gasteiger partial charge in [0, 0.05) is 11.8 Å². The summed E-state index contributed by atoms with van der Waals surface area (Å²) in [6.07, 6.45) is 0.0718. The molecular formula is C23H25N5O8S2. The van der Waals surface area contributed by atoms with Crippen LogP contribution in [0.5, 0.6) is 5.75 Å². The maximum atomic E-state index is 12.2. The molecule has 0 saturated carbocycles. The smallest absolute Gasteiger partial charge is 0.294 e. The Morgan fingerprint density at radius 1 is 1.00 bits per heavy atom. The van der Waals surface area contributed by atoms with Crippen LogP contribution >= 0.6 is 0 Å². The maximum absolute atomic E-state index is 12.2. The van der Waals surface area contributed by atoms with Crippen molar-refractivity contribution in [1.29, 1.82) is 0 Å². The first-order valence-electron chi connectivity index (χ1n) is 11.0. The van der Waals surface area contributed by atoms with Crippen molar-refractivity contribution in [3.8, 4) is 5.75 Å². The van der Waals surface area contributed by atoms with Gasteiger partial charge >= 0.3 is 0 Å². The molecule has 0 spiro atoms. The van der Waals surface area contributed by atoms with Crippen LogP contribution in [0.15, 0.2) is 75.8 Å². The second-order valence-electron chi connectivity index (χ2n) is 8.28. The average Bonchev–Trinajstić information content (AvgIpc) is 2.81. The summed E-state index contributed by atoms with van der Waals surface area (Å²) in [5, 5.41) is 32.1. The largest absolute Gasteiger partial charge is 0.491 e. The first-order chi connectivity index (χ1) is 17.7. The number of nitro benzene ring substituents is 1. The lowest BCUT2D eigenvalue weighted by atomic mass is 10.2. The Kier molecular flexibility index (Phi) is 8.78. The van der Waals surface area contributed by atoms with Gasteiger partial charge in [-0.05, 0) is 74.0 Å². The Balaban J connectivity index is 1.74. The van der Waals surface area contributed by atoms with Gasteiger partial charge < -0.3 is 15.2 Å². The fourth-order valence-corrected chi connectivity index (χ4v) is 5.63. The summed E-state index contributed by atoms with van der Waals surface area (Å²) in [5.74, 6) is 0.631. The van der Waals surface area contributed by atoms with Gasteiger partial charge in [-0.1, -0.05) is 0 Å². The minimum atomic E-state index is -4.52. The van der Waals surface area contributed by atoms with E-state index in [1.54, 1.807) is 49.4 Å². The van der Waals surface area contributed by atoms with Crippen LogP contribution in [0.25, 0.3) is 0 Å². The van der Waals surface area contributed by atoms with Gasteiger partial charge in [0.1, 0.15) is 18.0 Å². The molecule has 38 heavy (non-hydrogen) atoms. The Hall–Kier alpha value is -3.92. The van der Waals surface area contributed by atoms with Gasteiger partial charge in [-0.25, -0.2) is 16.8 Å². The molecule has 0 bridgehead atoms. The molecule has 3 aromatic carbocycles. The van der Waals surface area contributed by atoms with Crippen molar-refractivity contribution in [2.45, 2.75) is 24.8 Å². The van der Waals surface area contributed by atoms with Crippen molar-refractivity contribution in [3.05, 3.63) is 76.3 Å². The highest BCUT2D eigenvalue weighted by atomic mass is 32.3. The summed E-state index contributed by atoms with van der Waals surface area (Å²) in [6.45, 7) is 3.65. The van der Waals surface area contributed by atoms with E-state index in [1.807, 2.05) is 6.92 Å². The van der Waals surface area contributed by atoms with Crippen LogP contribution < -0.4 is 14.2 Å². The summed E-state index contributed by atoms with van der Waals surface area (Å²) in [4.78, 5) is 10.2. The number of aliphatic hydroxyl groups excluding tert-OH is 1. The number of ether oxygens (including phenoxy) is 1. The number of aryl methyl sites for hydroxylation is 1. The van der Waals surface area contributed by atoms with E-state index in [-0.39, 0.29) is 12.3 Å². The van der Waals surface area contributed by atoms with E-state index >= 15 is 0 Å². The topological polar surface area (TPSA) is 190 Å². The molecule has 0 radical (unpaired) electrons. The van der Waals surface area contributed by atoms with E-state index in [1.165, 1.54) is 10.2 Å². The highest BCUT2D eigenvalue weighted by molar-refractivity contribution is 8.04. The van der Waals surface area contributed by atoms with Crippen LogP contribution in [-0.2, 0) is 20.0 Å². The molecule has 13 nitrogen and oxygen atoms in total. The van der Waals surface area contributed by atoms with Gasteiger partial charge in [0.2, 0.25) is 10.0 Å². The van der Waals surface area contributed by atoms with Crippen molar-refractivity contribution in [3.63, 3.8) is 0 Å². The minimum Gasteiger partial charge on any atom is -0.491 e. The normalized spacial score (nSPS) is 12.8. The molecule has 0 heterocycles. The Morgan fingerprint density at radius 2 is 1.63 bits per heavy atom. The summed E-state index contributed by atoms with van der Waals surface area (Å²) >= 11 is 0. The van der Waals surface area contributed by atoms with Gasteiger partial charge in [0.05, 0.1) is 33.6 Å². The van der Waals surface area contributed by atoms with Crippen LogP contribution in [0.1, 0.15) is 12.5 Å². The molecular weight excluding hydrogens is 538 g/mol. The number of benzene rings is 3. The van der Waals surface area contributed by atoms with Crippen LogP contribution in [-0.4, -0.2) is 45.8 Å². The van der Waals surface area contributed by atoms with E-state index in [4.69, 9.17) is 4.74 Å². The predicted octanol–water partition coefficient (Wildman–Crippen LogP) is 4.06. The second-order valence-corrected chi connectivity index (χ2v) is 12.0. The molecule has 1 atom stereocenters. The first-order valence-corrected chi connectivity index (χ1v) is 14.3. The van der Waals surface area contributed by atoms with Crippen molar-refractivity contribution >= 4 is 48.5 Å². The molecule has 0 saturated heterocycles. The SMILES string of the molecule is Cc1cc(N=Nc2ccc(Nc3ccc(S(=O)(=O)NS(C)(=O)=O)cc3[N+](=O)[O-])cc2)ccc1OCC(C)O.